The lowest BCUT2D eigenvalue weighted by atomic mass is 10.1. The Morgan fingerprint density at radius 3 is 2.53 bits per heavy atom. The summed E-state index contributed by atoms with van der Waals surface area (Å²) in [4.78, 5) is 5.12. The fourth-order valence-corrected chi connectivity index (χ4v) is 3.11. The van der Waals surface area contributed by atoms with Gasteiger partial charge in [-0.15, -0.1) is 11.3 Å². The van der Waals surface area contributed by atoms with Crippen LogP contribution in [0.1, 0.15) is 27.2 Å². The first-order chi connectivity index (χ1) is 7.99. The van der Waals surface area contributed by atoms with Gasteiger partial charge in [-0.1, -0.05) is 29.3 Å². The van der Waals surface area contributed by atoms with Gasteiger partial charge in [0.1, 0.15) is 6.10 Å². The Balaban J connectivity index is 2.43. The molecule has 0 aliphatic heterocycles. The number of benzene rings is 1. The molecule has 2 rings (SSSR count). The molecular formula is C12H11Cl2NOS. The Kier molecular flexibility index (Phi) is 3.73. The smallest absolute Gasteiger partial charge is 0.116 e. The van der Waals surface area contributed by atoms with Gasteiger partial charge in [-0.25, -0.2) is 4.98 Å². The van der Waals surface area contributed by atoms with Gasteiger partial charge < -0.3 is 5.11 Å². The van der Waals surface area contributed by atoms with E-state index < -0.39 is 6.10 Å². The first kappa shape index (κ1) is 12.8. The second kappa shape index (κ2) is 4.94. The average Bonchev–Trinajstić information content (AvgIpc) is 2.57. The number of halogens is 2. The predicted molar refractivity (Wildman–Crippen MR) is 72.1 cm³/mol. The third-order valence-electron chi connectivity index (χ3n) is 2.44. The van der Waals surface area contributed by atoms with E-state index >= 15 is 0 Å². The van der Waals surface area contributed by atoms with E-state index in [1.807, 2.05) is 13.8 Å². The number of thiazole rings is 1. The monoisotopic (exact) mass is 287 g/mol. The summed E-state index contributed by atoms with van der Waals surface area (Å²) in [6.45, 7) is 3.79. The van der Waals surface area contributed by atoms with E-state index in [4.69, 9.17) is 23.2 Å². The number of aliphatic hydroxyl groups is 1. The molecule has 0 radical (unpaired) electrons. The molecule has 0 amide bonds. The standard InChI is InChI=1S/C12H11Cl2NOS/c1-6-12(17-7(2)15-6)11(16)9-4-3-8(13)5-10(9)14/h3-5,11,16H,1-2H3. The Bertz CT molecular complexity index is 553. The zero-order valence-electron chi connectivity index (χ0n) is 9.37. The number of aromatic nitrogens is 1. The lowest BCUT2D eigenvalue weighted by Gasteiger charge is -2.11. The number of aliphatic hydroxyl groups excluding tert-OH is 1. The summed E-state index contributed by atoms with van der Waals surface area (Å²) in [6.07, 6.45) is -0.744. The van der Waals surface area contributed by atoms with Crippen molar-refractivity contribution in [3.8, 4) is 0 Å². The Morgan fingerprint density at radius 2 is 2.00 bits per heavy atom. The molecule has 1 aromatic heterocycles. The summed E-state index contributed by atoms with van der Waals surface area (Å²) in [5.74, 6) is 0. The largest absolute Gasteiger partial charge is 0.383 e. The highest BCUT2D eigenvalue weighted by molar-refractivity contribution is 7.11. The van der Waals surface area contributed by atoms with E-state index in [1.54, 1.807) is 18.2 Å². The summed E-state index contributed by atoms with van der Waals surface area (Å²) in [5.41, 5.74) is 1.49. The maximum absolute atomic E-state index is 10.3. The van der Waals surface area contributed by atoms with Gasteiger partial charge in [0, 0.05) is 15.6 Å². The molecule has 0 saturated heterocycles. The lowest BCUT2D eigenvalue weighted by molar-refractivity contribution is 0.223. The average molecular weight is 288 g/mol. The Morgan fingerprint density at radius 1 is 1.29 bits per heavy atom. The van der Waals surface area contributed by atoms with Crippen molar-refractivity contribution in [1.29, 1.82) is 0 Å². The summed E-state index contributed by atoms with van der Waals surface area (Å²) in [7, 11) is 0. The summed E-state index contributed by atoms with van der Waals surface area (Å²) < 4.78 is 0. The van der Waals surface area contributed by atoms with Crippen LogP contribution in [0.4, 0.5) is 0 Å². The molecule has 0 bridgehead atoms. The van der Waals surface area contributed by atoms with Gasteiger partial charge in [-0.2, -0.15) is 0 Å². The molecule has 2 aromatic rings. The van der Waals surface area contributed by atoms with Crippen LogP contribution in [-0.2, 0) is 0 Å². The van der Waals surface area contributed by atoms with Crippen molar-refractivity contribution in [2.45, 2.75) is 20.0 Å². The van der Waals surface area contributed by atoms with E-state index in [-0.39, 0.29) is 0 Å². The third kappa shape index (κ3) is 2.63. The Labute approximate surface area is 114 Å². The molecule has 0 spiro atoms. The Hall–Kier alpha value is -0.610. The molecule has 1 unspecified atom stereocenters. The fraction of sp³-hybridized carbons (Fsp3) is 0.250. The first-order valence-corrected chi connectivity index (χ1v) is 6.63. The number of hydrogen-bond acceptors (Lipinski definition) is 3. The second-order valence-electron chi connectivity index (χ2n) is 3.75. The van der Waals surface area contributed by atoms with Gasteiger partial charge in [0.05, 0.1) is 15.6 Å². The molecule has 0 aliphatic rings. The van der Waals surface area contributed by atoms with Crippen LogP contribution < -0.4 is 0 Å². The van der Waals surface area contributed by atoms with E-state index in [0.717, 1.165) is 15.6 Å². The number of rotatable bonds is 2. The number of hydrogen-bond donors (Lipinski definition) is 1. The van der Waals surface area contributed by atoms with Crippen LogP contribution in [0.15, 0.2) is 18.2 Å². The summed E-state index contributed by atoms with van der Waals surface area (Å²) >= 11 is 13.4. The molecule has 1 N–H and O–H groups in total. The third-order valence-corrected chi connectivity index (χ3v) is 4.13. The number of aryl methyl sites for hydroxylation is 2. The highest BCUT2D eigenvalue weighted by Gasteiger charge is 2.19. The summed E-state index contributed by atoms with van der Waals surface area (Å²) in [5, 5.41) is 12.3. The van der Waals surface area contributed by atoms with Crippen LogP contribution >= 0.6 is 34.5 Å². The maximum Gasteiger partial charge on any atom is 0.116 e. The lowest BCUT2D eigenvalue weighted by Crippen LogP contribution is -2.00. The van der Waals surface area contributed by atoms with Gasteiger partial charge in [-0.3, -0.25) is 0 Å². The van der Waals surface area contributed by atoms with E-state index in [1.165, 1.54) is 11.3 Å². The molecular weight excluding hydrogens is 277 g/mol. The van der Waals surface area contributed by atoms with Crippen molar-refractivity contribution < 1.29 is 5.11 Å². The van der Waals surface area contributed by atoms with Crippen LogP contribution in [0.3, 0.4) is 0 Å². The topological polar surface area (TPSA) is 33.1 Å². The van der Waals surface area contributed by atoms with Crippen LogP contribution in [0.2, 0.25) is 10.0 Å². The minimum atomic E-state index is -0.744. The molecule has 1 atom stereocenters. The number of nitrogens with zero attached hydrogens (tertiary/aromatic N) is 1. The van der Waals surface area contributed by atoms with Crippen LogP contribution in [-0.4, -0.2) is 10.1 Å². The van der Waals surface area contributed by atoms with Gasteiger partial charge >= 0.3 is 0 Å². The van der Waals surface area contributed by atoms with Crippen LogP contribution in [0.5, 0.6) is 0 Å². The van der Waals surface area contributed by atoms with E-state index in [9.17, 15) is 5.11 Å². The first-order valence-electron chi connectivity index (χ1n) is 5.06. The highest BCUT2D eigenvalue weighted by atomic mass is 35.5. The molecule has 90 valence electrons. The van der Waals surface area contributed by atoms with Crippen molar-refractivity contribution in [3.63, 3.8) is 0 Å². The molecule has 17 heavy (non-hydrogen) atoms. The van der Waals surface area contributed by atoms with Gasteiger partial charge in [-0.05, 0) is 26.0 Å². The summed E-state index contributed by atoms with van der Waals surface area (Å²) in [6, 6.07) is 5.09. The van der Waals surface area contributed by atoms with Crippen molar-refractivity contribution >= 4 is 34.5 Å². The van der Waals surface area contributed by atoms with Gasteiger partial charge in [0.15, 0.2) is 0 Å². The molecule has 5 heteroatoms. The normalized spacial score (nSPS) is 12.8. The zero-order valence-corrected chi connectivity index (χ0v) is 11.7. The van der Waals surface area contributed by atoms with Crippen LogP contribution in [0.25, 0.3) is 0 Å². The van der Waals surface area contributed by atoms with Crippen molar-refractivity contribution in [1.82, 2.24) is 4.98 Å². The van der Waals surface area contributed by atoms with Crippen molar-refractivity contribution in [3.05, 3.63) is 49.4 Å². The SMILES string of the molecule is Cc1nc(C)c(C(O)c2ccc(Cl)cc2Cl)s1. The van der Waals surface area contributed by atoms with Crippen molar-refractivity contribution in [2.75, 3.05) is 0 Å². The van der Waals surface area contributed by atoms with Gasteiger partial charge in [0.2, 0.25) is 0 Å². The molecule has 2 nitrogen and oxygen atoms in total. The second-order valence-corrected chi connectivity index (χ2v) is 5.83. The predicted octanol–water partition coefficient (Wildman–Crippen LogP) is 4.15. The molecule has 0 fully saturated rings. The maximum atomic E-state index is 10.3. The van der Waals surface area contributed by atoms with Gasteiger partial charge in [0.25, 0.3) is 0 Å². The minimum Gasteiger partial charge on any atom is -0.383 e. The van der Waals surface area contributed by atoms with Crippen LogP contribution in [0, 0.1) is 13.8 Å². The highest BCUT2D eigenvalue weighted by Crippen LogP contribution is 2.34. The van der Waals surface area contributed by atoms with Crippen molar-refractivity contribution in [2.24, 2.45) is 0 Å². The molecule has 1 heterocycles. The molecule has 0 saturated carbocycles. The fourth-order valence-electron chi connectivity index (χ4n) is 1.67. The minimum absolute atomic E-state index is 0.468. The molecule has 0 aliphatic carbocycles. The quantitative estimate of drug-likeness (QED) is 0.900. The van der Waals surface area contributed by atoms with E-state index in [2.05, 4.69) is 4.98 Å². The zero-order chi connectivity index (χ0) is 12.6. The molecule has 1 aromatic carbocycles. The van der Waals surface area contributed by atoms with E-state index in [0.29, 0.717) is 15.6 Å².